The number of esters is 1. The lowest BCUT2D eigenvalue weighted by Gasteiger charge is -2.31. The van der Waals surface area contributed by atoms with E-state index >= 15 is 0 Å². The van der Waals surface area contributed by atoms with Crippen molar-refractivity contribution in [3.63, 3.8) is 0 Å². The van der Waals surface area contributed by atoms with Gasteiger partial charge in [-0.25, -0.2) is 29.5 Å². The summed E-state index contributed by atoms with van der Waals surface area (Å²) in [5, 5.41) is 17.0. The van der Waals surface area contributed by atoms with Gasteiger partial charge in [0.05, 0.1) is 62.6 Å². The number of hydrogen-bond donors (Lipinski definition) is 3. The van der Waals surface area contributed by atoms with E-state index in [0.29, 0.717) is 131 Å². The number of fused-ring (bicyclic) bond motifs is 4. The van der Waals surface area contributed by atoms with Gasteiger partial charge in [0.15, 0.2) is 27.9 Å². The van der Waals surface area contributed by atoms with Gasteiger partial charge < -0.3 is 52.9 Å². The lowest BCUT2D eigenvalue weighted by molar-refractivity contribution is -0.179. The number of anilines is 4. The van der Waals surface area contributed by atoms with Crippen molar-refractivity contribution in [3.05, 3.63) is 201 Å². The second-order valence-electron chi connectivity index (χ2n) is 28.7. The van der Waals surface area contributed by atoms with Crippen molar-refractivity contribution < 1.29 is 88.6 Å². The number of aromatic nitrogens is 4. The van der Waals surface area contributed by atoms with E-state index in [0.717, 1.165) is 54.8 Å². The maximum absolute atomic E-state index is 14.9. The Morgan fingerprint density at radius 1 is 0.540 bits per heavy atom. The number of pyridine rings is 2. The van der Waals surface area contributed by atoms with E-state index in [1.807, 2.05) is 96.4 Å². The summed E-state index contributed by atoms with van der Waals surface area (Å²) in [5.74, 6) is -2.28. The van der Waals surface area contributed by atoms with Crippen LogP contribution in [0.3, 0.4) is 0 Å². The van der Waals surface area contributed by atoms with Crippen molar-refractivity contribution in [2.24, 2.45) is 0 Å². The van der Waals surface area contributed by atoms with Crippen LogP contribution in [0.4, 0.5) is 48.2 Å². The fourth-order valence-corrected chi connectivity index (χ4v) is 16.3. The molecule has 0 saturated heterocycles. The van der Waals surface area contributed by atoms with Gasteiger partial charge in [0.25, 0.3) is 11.8 Å². The molecule has 2 saturated carbocycles. The van der Waals surface area contributed by atoms with Crippen molar-refractivity contribution in [1.82, 2.24) is 19.9 Å². The molecule has 0 radical (unpaired) electrons. The average Bonchev–Trinajstić information content (AvgIpc) is 1.27. The molecule has 29 heteroatoms. The van der Waals surface area contributed by atoms with Gasteiger partial charge in [-0.05, 0) is 217 Å². The number of carboxylic acids is 1. The molecule has 6 aromatic carbocycles. The normalized spacial score (nSPS) is 17.2. The van der Waals surface area contributed by atoms with Gasteiger partial charge >= 0.3 is 24.3 Å². The molecule has 113 heavy (non-hydrogen) atoms. The number of alkyl halides is 6. The Hall–Kier alpha value is -10.4. The average molecular weight is 1590 g/mol. The van der Waals surface area contributed by atoms with Crippen LogP contribution in [0.15, 0.2) is 146 Å². The topological polar surface area (TPSA) is 252 Å². The molecule has 2 aliphatic carbocycles. The van der Waals surface area contributed by atoms with Gasteiger partial charge in [-0.3, -0.25) is 20.2 Å². The number of para-hydroxylation sites is 2. The lowest BCUT2D eigenvalue weighted by atomic mass is 9.94. The first-order valence-electron chi connectivity index (χ1n) is 37.5. The monoisotopic (exact) mass is 1590 g/mol. The summed E-state index contributed by atoms with van der Waals surface area (Å²) in [6.07, 6.45) is -4.12. The standard InChI is InChI=1S/C46H51F3N4O7S.C38H33F3N4O6S/c1-6-56-40(57-7-2)27-58-29-15-17-30(18-16-29)59-31-19-20-32(36(25-31)46(47,48)49)33-21-22-39(51-41(33)43(55)60-45(3,4)5)53-24-23-28-11-10-12-34(35(28)26-53)42(54)52-44-50-37-13-8-9-14-38(37)61-44;39-38(40,41)30-20-25(51-24-10-8-23(9-11-24)50-19-18-46)12-13-26(30)27-14-15-33(43-34(27)36(48)49)45-17-16-22-4-3-5-28(29(22)21-45)35(47)44-37-42-31-6-1-2-7-32(31)52-37/h8-14,19-22,25,29-30,40H,6-7,15-18,23-24,26-27H2,1-5H3,(H,50,52,54);1-7,12-15,18,20,23-24H,8-11,16-17,19,21H2,(H,48,49)(H,42,44,47). The Balaban J connectivity index is 0.000000200. The van der Waals surface area contributed by atoms with Crippen molar-refractivity contribution in [1.29, 1.82) is 0 Å². The fourth-order valence-electron chi connectivity index (χ4n) is 14.5. The summed E-state index contributed by atoms with van der Waals surface area (Å²) in [5.41, 5.74) is 1.43. The summed E-state index contributed by atoms with van der Waals surface area (Å²) in [6, 6.07) is 39.5. The molecule has 2 fully saturated rings. The maximum Gasteiger partial charge on any atom is 0.417 e. The number of thiazole rings is 2. The van der Waals surface area contributed by atoms with E-state index in [4.69, 9.17) is 38.1 Å². The molecule has 2 amide bonds. The van der Waals surface area contributed by atoms with E-state index in [1.165, 1.54) is 65.1 Å². The number of carbonyl (C=O) groups is 5. The molecule has 6 heterocycles. The highest BCUT2D eigenvalue weighted by Gasteiger charge is 2.39. The minimum atomic E-state index is -4.82. The molecular weight excluding hydrogens is 1510 g/mol. The minimum Gasteiger partial charge on any atom is -0.490 e. The van der Waals surface area contributed by atoms with Gasteiger partial charge in [-0.1, -0.05) is 83.3 Å². The molecule has 0 atom stereocenters. The van der Waals surface area contributed by atoms with Gasteiger partial charge in [0.2, 0.25) is 0 Å². The number of carboxylic acid groups (broad SMARTS) is 1. The van der Waals surface area contributed by atoms with Crippen molar-refractivity contribution in [2.75, 3.05) is 60.0 Å². The second kappa shape index (κ2) is 35.3. The molecule has 0 spiro atoms. The molecule has 21 nitrogen and oxygen atoms in total. The van der Waals surface area contributed by atoms with Crippen LogP contribution in [0.1, 0.15) is 161 Å². The third-order valence-corrected chi connectivity index (χ3v) is 21.8. The third-order valence-electron chi connectivity index (χ3n) is 19.9. The van der Waals surface area contributed by atoms with Gasteiger partial charge in [-0.15, -0.1) is 0 Å². The van der Waals surface area contributed by atoms with Crippen LogP contribution in [0.25, 0.3) is 42.7 Å². The highest BCUT2D eigenvalue weighted by atomic mass is 32.1. The van der Waals surface area contributed by atoms with Crippen molar-refractivity contribution >= 4 is 95.0 Å². The van der Waals surface area contributed by atoms with Crippen LogP contribution >= 0.6 is 22.7 Å². The predicted octanol–water partition coefficient (Wildman–Crippen LogP) is 18.0. The third kappa shape index (κ3) is 19.8. The number of nitrogens with one attached hydrogen (secondary N) is 2. The lowest BCUT2D eigenvalue weighted by Crippen LogP contribution is -2.33. The predicted molar refractivity (Wildman–Crippen MR) is 417 cm³/mol. The van der Waals surface area contributed by atoms with Crippen molar-refractivity contribution in [2.45, 2.75) is 161 Å². The molecule has 4 aliphatic rings. The molecular formula is C84H84F6N8O13S2. The highest BCUT2D eigenvalue weighted by Crippen LogP contribution is 2.45. The number of rotatable bonds is 24. The van der Waals surface area contributed by atoms with Crippen LogP contribution < -0.4 is 29.9 Å². The zero-order valence-electron chi connectivity index (χ0n) is 62.7. The fraction of sp³-hybridized carbons (Fsp3) is 0.369. The highest BCUT2D eigenvalue weighted by molar-refractivity contribution is 7.22. The van der Waals surface area contributed by atoms with Crippen LogP contribution in [-0.2, 0) is 66.8 Å². The first-order chi connectivity index (χ1) is 54.3. The van der Waals surface area contributed by atoms with E-state index in [2.05, 4.69) is 25.6 Å². The van der Waals surface area contributed by atoms with Crippen LogP contribution in [0.2, 0.25) is 0 Å². The van der Waals surface area contributed by atoms with Crippen LogP contribution in [-0.4, -0.2) is 131 Å². The first kappa shape index (κ1) is 80.6. The maximum atomic E-state index is 14.9. The van der Waals surface area contributed by atoms with E-state index in [1.54, 1.807) is 39.0 Å². The zero-order chi connectivity index (χ0) is 79.7. The van der Waals surface area contributed by atoms with Gasteiger partial charge in [-0.2, -0.15) is 26.3 Å². The van der Waals surface area contributed by atoms with E-state index in [-0.39, 0.29) is 101 Å². The molecule has 0 bridgehead atoms. The minimum absolute atomic E-state index is 0.00111. The Bertz CT molecular complexity index is 5040. The number of carbonyl (C=O) groups excluding carboxylic acids is 4. The van der Waals surface area contributed by atoms with Crippen molar-refractivity contribution in [3.8, 4) is 33.8 Å². The first-order valence-corrected chi connectivity index (χ1v) is 39.1. The smallest absolute Gasteiger partial charge is 0.417 e. The summed E-state index contributed by atoms with van der Waals surface area (Å²) >= 11 is 2.74. The van der Waals surface area contributed by atoms with Crippen LogP contribution in [0.5, 0.6) is 11.5 Å². The SMILES string of the molecule is CCOC(COC1CCC(Oc2ccc(-c3ccc(N4CCc5cccc(C(=O)Nc6nc7ccccc7s6)c5C4)nc3C(=O)OC(C)(C)C)c(C(F)(F)F)c2)CC1)OCC.O=CCOC1CCC(Oc2ccc(-c3ccc(N4CCc5cccc(C(=O)Nc6nc7ccccc7s6)c5C4)nc3C(=O)O)c(C(F)(F)F)c2)CC1. The Labute approximate surface area is 655 Å². The number of nitrogens with zero attached hydrogens (tertiary/aromatic N) is 6. The van der Waals surface area contributed by atoms with Crippen LogP contribution in [0, 0.1) is 0 Å². The van der Waals surface area contributed by atoms with E-state index in [9.17, 15) is 55.4 Å². The van der Waals surface area contributed by atoms with E-state index < -0.39 is 53.0 Å². The quantitative estimate of drug-likeness (QED) is 0.0220. The number of halogens is 6. The zero-order valence-corrected chi connectivity index (χ0v) is 64.3. The molecule has 4 aromatic heterocycles. The second-order valence-corrected chi connectivity index (χ2v) is 30.7. The summed E-state index contributed by atoms with van der Waals surface area (Å²) in [7, 11) is 0. The molecule has 2 aliphatic heterocycles. The molecule has 14 rings (SSSR count). The Morgan fingerprint density at radius 2 is 0.973 bits per heavy atom. The number of ether oxygens (including phenoxy) is 7. The van der Waals surface area contributed by atoms with Gasteiger partial charge in [0.1, 0.15) is 41.6 Å². The Kier molecular flexibility index (Phi) is 25.2. The number of benzene rings is 6. The summed E-state index contributed by atoms with van der Waals surface area (Å²) < 4.78 is 131. The number of aldehydes is 1. The number of aromatic carboxylic acids is 1. The number of hydrogen-bond acceptors (Lipinski definition) is 20. The largest absolute Gasteiger partial charge is 0.490 e. The number of amides is 2. The summed E-state index contributed by atoms with van der Waals surface area (Å²) in [6.45, 7) is 11.6. The molecule has 0 unspecified atom stereocenters. The molecule has 592 valence electrons. The summed E-state index contributed by atoms with van der Waals surface area (Å²) in [4.78, 5) is 85.9. The Morgan fingerprint density at radius 3 is 1.41 bits per heavy atom. The van der Waals surface area contributed by atoms with Gasteiger partial charge in [0, 0.05) is 61.6 Å². The molecule has 3 N–H and O–H groups in total. The molecule has 10 aromatic rings.